The minimum Gasteiger partial charge on any atom is -0.377 e. The predicted octanol–water partition coefficient (Wildman–Crippen LogP) is 2.28. The molecule has 7 heteroatoms. The van der Waals surface area contributed by atoms with Gasteiger partial charge < -0.3 is 19.7 Å². The second-order valence-electron chi connectivity index (χ2n) is 8.03. The third kappa shape index (κ3) is 4.74. The third-order valence-corrected chi connectivity index (χ3v) is 5.61. The first-order chi connectivity index (χ1) is 14.0. The van der Waals surface area contributed by atoms with E-state index in [9.17, 15) is 4.79 Å². The SMILES string of the molecule is Cc1ccc(C(=O)NC[C@H]2CC[C@]3(COCCN(c4cc(C)ncn4)C3)O2)cc1. The van der Waals surface area contributed by atoms with Gasteiger partial charge in [-0.15, -0.1) is 0 Å². The molecule has 4 rings (SSSR count). The van der Waals surface area contributed by atoms with Crippen LogP contribution in [0.1, 0.15) is 34.5 Å². The number of hydrogen-bond donors (Lipinski definition) is 1. The lowest BCUT2D eigenvalue weighted by atomic mass is 10.00. The summed E-state index contributed by atoms with van der Waals surface area (Å²) in [7, 11) is 0. The molecule has 0 radical (unpaired) electrons. The van der Waals surface area contributed by atoms with E-state index >= 15 is 0 Å². The number of anilines is 1. The van der Waals surface area contributed by atoms with Gasteiger partial charge >= 0.3 is 0 Å². The second-order valence-corrected chi connectivity index (χ2v) is 8.03. The molecule has 2 aliphatic rings. The van der Waals surface area contributed by atoms with E-state index in [0.29, 0.717) is 25.3 Å². The summed E-state index contributed by atoms with van der Waals surface area (Å²) < 4.78 is 12.3. The summed E-state index contributed by atoms with van der Waals surface area (Å²) in [5, 5.41) is 3.01. The molecule has 3 heterocycles. The molecule has 2 fully saturated rings. The number of benzene rings is 1. The fourth-order valence-corrected chi connectivity index (χ4v) is 3.99. The van der Waals surface area contributed by atoms with E-state index in [2.05, 4.69) is 20.2 Å². The monoisotopic (exact) mass is 396 g/mol. The Morgan fingerprint density at radius 2 is 2.10 bits per heavy atom. The lowest BCUT2D eigenvalue weighted by Gasteiger charge is -2.32. The first-order valence-corrected chi connectivity index (χ1v) is 10.2. The van der Waals surface area contributed by atoms with Gasteiger partial charge in [-0.3, -0.25) is 4.79 Å². The van der Waals surface area contributed by atoms with E-state index in [1.165, 1.54) is 0 Å². The topological polar surface area (TPSA) is 76.6 Å². The van der Waals surface area contributed by atoms with Crippen molar-refractivity contribution in [2.75, 3.05) is 37.7 Å². The number of hydrogen-bond acceptors (Lipinski definition) is 6. The zero-order valence-corrected chi connectivity index (χ0v) is 17.1. The molecule has 2 aromatic rings. The van der Waals surface area contributed by atoms with Crippen LogP contribution < -0.4 is 10.2 Å². The van der Waals surface area contributed by atoms with Crippen LogP contribution in [0.15, 0.2) is 36.7 Å². The van der Waals surface area contributed by atoms with Gasteiger partial charge in [-0.25, -0.2) is 9.97 Å². The van der Waals surface area contributed by atoms with Gasteiger partial charge in [0.1, 0.15) is 17.7 Å². The molecule has 0 unspecified atom stereocenters. The Kier molecular flexibility index (Phi) is 5.78. The van der Waals surface area contributed by atoms with Gasteiger partial charge in [0.15, 0.2) is 0 Å². The lowest BCUT2D eigenvalue weighted by Crippen LogP contribution is -2.45. The highest BCUT2D eigenvalue weighted by molar-refractivity contribution is 5.94. The maximum Gasteiger partial charge on any atom is 0.251 e. The number of aryl methyl sites for hydroxylation is 2. The minimum absolute atomic E-state index is 0.0138. The van der Waals surface area contributed by atoms with E-state index in [0.717, 1.165) is 43.0 Å². The van der Waals surface area contributed by atoms with Crippen molar-refractivity contribution in [2.45, 2.75) is 38.4 Å². The molecule has 1 aromatic carbocycles. The highest BCUT2D eigenvalue weighted by atomic mass is 16.6. The zero-order chi connectivity index (χ0) is 20.3. The third-order valence-electron chi connectivity index (χ3n) is 5.61. The maximum absolute atomic E-state index is 12.4. The Morgan fingerprint density at radius 1 is 1.28 bits per heavy atom. The summed E-state index contributed by atoms with van der Waals surface area (Å²) in [5.41, 5.74) is 2.39. The van der Waals surface area contributed by atoms with Crippen LogP contribution >= 0.6 is 0 Å². The Bertz CT molecular complexity index is 857. The van der Waals surface area contributed by atoms with Crippen molar-refractivity contribution in [3.8, 4) is 0 Å². The molecular formula is C22H28N4O3. The molecule has 0 aliphatic carbocycles. The van der Waals surface area contributed by atoms with Crippen LogP contribution in [0.3, 0.4) is 0 Å². The first kappa shape index (κ1) is 19.8. The number of amides is 1. The largest absolute Gasteiger partial charge is 0.377 e. The van der Waals surface area contributed by atoms with Crippen LogP contribution in [0.5, 0.6) is 0 Å². The van der Waals surface area contributed by atoms with Crippen molar-refractivity contribution in [2.24, 2.45) is 0 Å². The van der Waals surface area contributed by atoms with Gasteiger partial charge in [0.25, 0.3) is 5.91 Å². The molecule has 0 saturated carbocycles. The van der Waals surface area contributed by atoms with Crippen LogP contribution in [-0.2, 0) is 9.47 Å². The van der Waals surface area contributed by atoms with Gasteiger partial charge in [-0.1, -0.05) is 17.7 Å². The predicted molar refractivity (Wildman–Crippen MR) is 110 cm³/mol. The number of rotatable bonds is 4. The molecule has 2 aliphatic heterocycles. The van der Waals surface area contributed by atoms with E-state index in [-0.39, 0.29) is 17.6 Å². The van der Waals surface area contributed by atoms with Crippen molar-refractivity contribution < 1.29 is 14.3 Å². The quantitative estimate of drug-likeness (QED) is 0.855. The number of nitrogens with one attached hydrogen (secondary N) is 1. The number of carbonyl (C=O) groups is 1. The van der Waals surface area contributed by atoms with E-state index in [1.807, 2.05) is 44.2 Å². The fraction of sp³-hybridized carbons (Fsp3) is 0.500. The smallest absolute Gasteiger partial charge is 0.251 e. The molecule has 7 nitrogen and oxygen atoms in total. The molecule has 154 valence electrons. The van der Waals surface area contributed by atoms with Crippen LogP contribution in [0.4, 0.5) is 5.82 Å². The van der Waals surface area contributed by atoms with Gasteiger partial charge in [-0.2, -0.15) is 0 Å². The molecule has 1 amide bonds. The standard InChI is InChI=1S/C22H28N4O3/c1-16-3-5-18(6-4-16)21(27)23-12-19-7-8-22(29-19)13-26(9-10-28-14-22)20-11-17(2)24-15-25-20/h3-6,11,15,19H,7-10,12-14H2,1-2H3,(H,23,27)/t19-,22+/m1/s1. The Hall–Kier alpha value is -2.51. The Labute approximate surface area is 171 Å². The number of carbonyl (C=O) groups excluding carboxylic acids is 1. The van der Waals surface area contributed by atoms with Crippen molar-refractivity contribution in [1.82, 2.24) is 15.3 Å². The molecule has 1 aromatic heterocycles. The molecule has 2 atom stereocenters. The number of ether oxygens (including phenoxy) is 2. The summed E-state index contributed by atoms with van der Waals surface area (Å²) in [5.74, 6) is 0.840. The molecule has 1 spiro atoms. The summed E-state index contributed by atoms with van der Waals surface area (Å²) in [6.45, 7) is 7.19. The minimum atomic E-state index is -0.366. The number of nitrogens with zero attached hydrogens (tertiary/aromatic N) is 3. The van der Waals surface area contributed by atoms with Gasteiger partial charge in [-0.05, 0) is 38.8 Å². The Morgan fingerprint density at radius 3 is 2.90 bits per heavy atom. The molecule has 2 saturated heterocycles. The van der Waals surface area contributed by atoms with Crippen molar-refractivity contribution >= 4 is 11.7 Å². The molecular weight excluding hydrogens is 368 g/mol. The fourth-order valence-electron chi connectivity index (χ4n) is 3.99. The Balaban J connectivity index is 1.37. The molecule has 29 heavy (non-hydrogen) atoms. The first-order valence-electron chi connectivity index (χ1n) is 10.2. The summed E-state index contributed by atoms with van der Waals surface area (Å²) in [6, 6.07) is 9.59. The molecule has 1 N–H and O–H groups in total. The van der Waals surface area contributed by atoms with Crippen molar-refractivity contribution in [3.63, 3.8) is 0 Å². The van der Waals surface area contributed by atoms with Crippen molar-refractivity contribution in [1.29, 1.82) is 0 Å². The van der Waals surface area contributed by atoms with Crippen LogP contribution in [0, 0.1) is 13.8 Å². The summed E-state index contributed by atoms with van der Waals surface area (Å²) in [6.07, 6.45) is 3.38. The van der Waals surface area contributed by atoms with Crippen molar-refractivity contribution in [3.05, 3.63) is 53.5 Å². The average molecular weight is 396 g/mol. The number of aromatic nitrogens is 2. The average Bonchev–Trinajstić information content (AvgIpc) is 2.99. The zero-order valence-electron chi connectivity index (χ0n) is 17.1. The van der Waals surface area contributed by atoms with Crippen LogP contribution in [0.25, 0.3) is 0 Å². The van der Waals surface area contributed by atoms with E-state index in [1.54, 1.807) is 6.33 Å². The maximum atomic E-state index is 12.4. The lowest BCUT2D eigenvalue weighted by molar-refractivity contribution is -0.0749. The van der Waals surface area contributed by atoms with Gasteiger partial charge in [0, 0.05) is 30.4 Å². The normalized spacial score (nSPS) is 24.5. The van der Waals surface area contributed by atoms with Crippen LogP contribution in [-0.4, -0.2) is 60.4 Å². The van der Waals surface area contributed by atoms with Gasteiger partial charge in [0.2, 0.25) is 0 Å². The van der Waals surface area contributed by atoms with E-state index < -0.39 is 0 Å². The van der Waals surface area contributed by atoms with E-state index in [4.69, 9.17) is 9.47 Å². The van der Waals surface area contributed by atoms with Gasteiger partial charge in [0.05, 0.1) is 25.9 Å². The summed E-state index contributed by atoms with van der Waals surface area (Å²) in [4.78, 5) is 23.2. The highest BCUT2D eigenvalue weighted by Crippen LogP contribution is 2.34. The highest BCUT2D eigenvalue weighted by Gasteiger charge is 2.43. The van der Waals surface area contributed by atoms with Crippen LogP contribution in [0.2, 0.25) is 0 Å². The molecule has 0 bridgehead atoms. The summed E-state index contributed by atoms with van der Waals surface area (Å²) >= 11 is 0. The second kappa shape index (κ2) is 8.47.